The Kier molecular flexibility index (Phi) is 4.05. The van der Waals surface area contributed by atoms with Crippen LogP contribution in [0.25, 0.3) is 0 Å². The maximum atomic E-state index is 12.4. The fourth-order valence-corrected chi connectivity index (χ4v) is 1.87. The van der Waals surface area contributed by atoms with E-state index in [9.17, 15) is 9.59 Å². The number of halogens is 1. The van der Waals surface area contributed by atoms with E-state index in [1.807, 2.05) is 0 Å². The topological polar surface area (TPSA) is 83.6 Å². The van der Waals surface area contributed by atoms with Crippen molar-refractivity contribution in [3.8, 4) is 0 Å². The van der Waals surface area contributed by atoms with Crippen LogP contribution in [0.1, 0.15) is 16.2 Å². The molecule has 0 aliphatic rings. The molecule has 6 nitrogen and oxygen atoms in total. The van der Waals surface area contributed by atoms with Crippen molar-refractivity contribution in [2.24, 2.45) is 0 Å². The molecule has 0 saturated carbocycles. The average Bonchev–Trinajstić information content (AvgIpc) is 2.81. The number of hydrogen-bond acceptors (Lipinski definition) is 4. The zero-order valence-corrected chi connectivity index (χ0v) is 11.3. The van der Waals surface area contributed by atoms with E-state index in [0.717, 1.165) is 11.3 Å². The molecular weight excluding hydrogens is 284 g/mol. The molecule has 1 aromatic heterocycles. The molecule has 1 N–H and O–H groups in total. The molecule has 0 radical (unpaired) electrons. The van der Waals surface area contributed by atoms with Crippen LogP contribution in [0.15, 0.2) is 35.1 Å². The van der Waals surface area contributed by atoms with Crippen LogP contribution >= 0.6 is 11.6 Å². The maximum absolute atomic E-state index is 12.4. The third-order valence-corrected chi connectivity index (χ3v) is 2.83. The summed E-state index contributed by atoms with van der Waals surface area (Å²) in [5.74, 6) is -1.72. The van der Waals surface area contributed by atoms with Crippen LogP contribution in [0, 0.1) is 6.92 Å². The minimum atomic E-state index is -1.14. The van der Waals surface area contributed by atoms with Gasteiger partial charge in [0.2, 0.25) is 5.76 Å². The molecule has 2 aromatic rings. The van der Waals surface area contributed by atoms with Gasteiger partial charge in [-0.15, -0.1) is 0 Å². The van der Waals surface area contributed by atoms with Crippen molar-refractivity contribution in [1.82, 2.24) is 4.98 Å². The first kappa shape index (κ1) is 14.1. The molecule has 0 saturated heterocycles. The van der Waals surface area contributed by atoms with Gasteiger partial charge in [0.05, 0.1) is 5.69 Å². The van der Waals surface area contributed by atoms with Crippen molar-refractivity contribution in [2.45, 2.75) is 6.92 Å². The van der Waals surface area contributed by atoms with Crippen molar-refractivity contribution < 1.29 is 19.1 Å². The smallest absolute Gasteiger partial charge is 0.323 e. The van der Waals surface area contributed by atoms with Crippen LogP contribution in [0.3, 0.4) is 0 Å². The number of carbonyl (C=O) groups excluding carboxylic acids is 1. The number of oxazole rings is 1. The molecule has 1 heterocycles. The van der Waals surface area contributed by atoms with E-state index >= 15 is 0 Å². The zero-order valence-electron chi connectivity index (χ0n) is 10.5. The van der Waals surface area contributed by atoms with Crippen LogP contribution in [-0.4, -0.2) is 28.5 Å². The van der Waals surface area contributed by atoms with Gasteiger partial charge in [-0.1, -0.05) is 17.7 Å². The SMILES string of the molecule is Cc1ncoc1C(=O)N(CC(=O)O)c1cccc(Cl)c1. The maximum Gasteiger partial charge on any atom is 0.323 e. The Morgan fingerprint density at radius 2 is 2.20 bits per heavy atom. The van der Waals surface area contributed by atoms with Gasteiger partial charge in [0, 0.05) is 10.7 Å². The van der Waals surface area contributed by atoms with Crippen LogP contribution in [0.2, 0.25) is 5.02 Å². The third kappa shape index (κ3) is 2.97. The summed E-state index contributed by atoms with van der Waals surface area (Å²) in [6.07, 6.45) is 1.14. The molecule has 20 heavy (non-hydrogen) atoms. The number of aliphatic carboxylic acids is 1. The molecule has 0 aliphatic heterocycles. The Labute approximate surface area is 119 Å². The number of nitrogens with zero attached hydrogens (tertiary/aromatic N) is 2. The number of benzene rings is 1. The molecule has 2 rings (SSSR count). The van der Waals surface area contributed by atoms with Gasteiger partial charge in [0.25, 0.3) is 5.91 Å². The molecule has 0 bridgehead atoms. The summed E-state index contributed by atoms with van der Waals surface area (Å²) in [6.45, 7) is 1.10. The number of aromatic nitrogens is 1. The highest BCUT2D eigenvalue weighted by Crippen LogP contribution is 2.22. The summed E-state index contributed by atoms with van der Waals surface area (Å²) in [7, 11) is 0. The van der Waals surface area contributed by atoms with E-state index in [1.54, 1.807) is 25.1 Å². The molecule has 0 aliphatic carbocycles. The van der Waals surface area contributed by atoms with Gasteiger partial charge >= 0.3 is 5.97 Å². The van der Waals surface area contributed by atoms with Gasteiger partial charge in [-0.2, -0.15) is 0 Å². The number of anilines is 1. The summed E-state index contributed by atoms with van der Waals surface area (Å²) < 4.78 is 5.01. The number of carbonyl (C=O) groups is 2. The lowest BCUT2D eigenvalue weighted by molar-refractivity contribution is -0.135. The van der Waals surface area contributed by atoms with Crippen LogP contribution < -0.4 is 4.90 Å². The van der Waals surface area contributed by atoms with Gasteiger partial charge < -0.3 is 9.52 Å². The lowest BCUT2D eigenvalue weighted by Crippen LogP contribution is -2.35. The summed E-state index contributed by atoms with van der Waals surface area (Å²) >= 11 is 5.87. The molecule has 7 heteroatoms. The fourth-order valence-electron chi connectivity index (χ4n) is 1.69. The van der Waals surface area contributed by atoms with Gasteiger partial charge in [0.15, 0.2) is 6.39 Å². The second-order valence-electron chi connectivity index (χ2n) is 4.03. The standard InChI is InChI=1S/C13H11ClN2O4/c1-8-12(20-7-15-8)13(19)16(6-11(17)18)10-4-2-3-9(14)5-10/h2-5,7H,6H2,1H3,(H,17,18). The highest BCUT2D eigenvalue weighted by atomic mass is 35.5. The molecule has 0 unspecified atom stereocenters. The predicted molar refractivity (Wildman–Crippen MR) is 72.0 cm³/mol. The Hall–Kier alpha value is -2.34. The third-order valence-electron chi connectivity index (χ3n) is 2.60. The summed E-state index contributed by atoms with van der Waals surface area (Å²) in [4.78, 5) is 28.2. The van der Waals surface area contributed by atoms with Gasteiger partial charge in [-0.25, -0.2) is 4.98 Å². The highest BCUT2D eigenvalue weighted by Gasteiger charge is 2.25. The molecule has 1 amide bonds. The molecule has 0 fully saturated rings. The molecule has 104 valence electrons. The number of carboxylic acid groups (broad SMARTS) is 1. The Morgan fingerprint density at radius 3 is 2.75 bits per heavy atom. The normalized spacial score (nSPS) is 10.3. The fraction of sp³-hybridized carbons (Fsp3) is 0.154. The minimum absolute atomic E-state index is 0.00576. The molecule has 1 aromatic carbocycles. The van der Waals surface area contributed by atoms with Gasteiger partial charge in [0.1, 0.15) is 6.54 Å². The Morgan fingerprint density at radius 1 is 1.45 bits per heavy atom. The number of rotatable bonds is 4. The zero-order chi connectivity index (χ0) is 14.7. The molecule has 0 atom stereocenters. The van der Waals surface area contributed by atoms with Crippen molar-refractivity contribution in [3.63, 3.8) is 0 Å². The Balaban J connectivity index is 2.40. The van der Waals surface area contributed by atoms with Crippen molar-refractivity contribution >= 4 is 29.2 Å². The van der Waals surface area contributed by atoms with Crippen molar-refractivity contribution in [2.75, 3.05) is 11.4 Å². The number of hydrogen-bond donors (Lipinski definition) is 1. The average molecular weight is 295 g/mol. The lowest BCUT2D eigenvalue weighted by atomic mass is 10.2. The lowest BCUT2D eigenvalue weighted by Gasteiger charge is -2.20. The van der Waals surface area contributed by atoms with Crippen LogP contribution in [0.4, 0.5) is 5.69 Å². The van der Waals surface area contributed by atoms with E-state index < -0.39 is 18.4 Å². The van der Waals surface area contributed by atoms with Crippen molar-refractivity contribution in [3.05, 3.63) is 47.1 Å². The first-order chi connectivity index (χ1) is 9.49. The Bertz CT molecular complexity index is 653. The van der Waals surface area contributed by atoms with Crippen molar-refractivity contribution in [1.29, 1.82) is 0 Å². The summed E-state index contributed by atoms with van der Waals surface area (Å²) in [5, 5.41) is 9.36. The minimum Gasteiger partial charge on any atom is -0.480 e. The highest BCUT2D eigenvalue weighted by molar-refractivity contribution is 6.31. The number of amides is 1. The summed E-state index contributed by atoms with van der Waals surface area (Å²) in [5.41, 5.74) is 0.771. The van der Waals surface area contributed by atoms with Crippen LogP contribution in [0.5, 0.6) is 0 Å². The van der Waals surface area contributed by atoms with E-state index in [-0.39, 0.29) is 5.76 Å². The first-order valence-corrected chi connectivity index (χ1v) is 6.06. The number of carboxylic acids is 1. The van der Waals surface area contributed by atoms with E-state index in [4.69, 9.17) is 21.1 Å². The van der Waals surface area contributed by atoms with E-state index in [1.165, 1.54) is 6.07 Å². The second kappa shape index (κ2) is 5.75. The monoisotopic (exact) mass is 294 g/mol. The quantitative estimate of drug-likeness (QED) is 0.936. The van der Waals surface area contributed by atoms with Gasteiger partial charge in [-0.05, 0) is 25.1 Å². The number of aryl methyl sites for hydroxylation is 1. The largest absolute Gasteiger partial charge is 0.480 e. The summed E-state index contributed by atoms with van der Waals surface area (Å²) in [6, 6.07) is 6.37. The van der Waals surface area contributed by atoms with E-state index in [0.29, 0.717) is 16.4 Å². The molecule has 0 spiro atoms. The second-order valence-corrected chi connectivity index (χ2v) is 4.47. The molecular formula is C13H11ClN2O4. The first-order valence-electron chi connectivity index (χ1n) is 5.68. The van der Waals surface area contributed by atoms with Gasteiger partial charge in [-0.3, -0.25) is 14.5 Å². The predicted octanol–water partition coefficient (Wildman–Crippen LogP) is 2.37. The van der Waals surface area contributed by atoms with E-state index in [2.05, 4.69) is 4.98 Å². The van der Waals surface area contributed by atoms with Crippen LogP contribution in [-0.2, 0) is 4.79 Å².